The number of nitrogen functional groups attached to an aromatic ring is 1. The number of nitrogens with two attached hydrogens (primary N) is 1. The molecule has 0 fully saturated rings. The van der Waals surface area contributed by atoms with E-state index in [1.165, 1.54) is 5.56 Å². The lowest BCUT2D eigenvalue weighted by atomic mass is 10.2. The first-order valence-electron chi connectivity index (χ1n) is 5.14. The number of aromatic nitrogens is 2. The first-order chi connectivity index (χ1) is 7.70. The Hall–Kier alpha value is -2.04. The van der Waals surface area contributed by atoms with Gasteiger partial charge in [-0.1, -0.05) is 27.9 Å². The van der Waals surface area contributed by atoms with Gasteiger partial charge in [-0.25, -0.2) is 0 Å². The van der Waals surface area contributed by atoms with Gasteiger partial charge in [0.1, 0.15) is 0 Å². The summed E-state index contributed by atoms with van der Waals surface area (Å²) in [4.78, 5) is 1.91. The average Bonchev–Trinajstić information content (AvgIpc) is 2.69. The van der Waals surface area contributed by atoms with Gasteiger partial charge in [0.05, 0.1) is 0 Å². The van der Waals surface area contributed by atoms with Crippen LogP contribution in [0.15, 0.2) is 28.7 Å². The summed E-state index contributed by atoms with van der Waals surface area (Å²) < 4.78 is 5.20. The van der Waals surface area contributed by atoms with Gasteiger partial charge in [-0.2, -0.15) is 0 Å². The Morgan fingerprint density at radius 2 is 1.94 bits per heavy atom. The smallest absolute Gasteiger partial charge is 0.324 e. The molecule has 16 heavy (non-hydrogen) atoms. The van der Waals surface area contributed by atoms with Crippen molar-refractivity contribution in [3.05, 3.63) is 29.8 Å². The summed E-state index contributed by atoms with van der Waals surface area (Å²) in [5.41, 5.74) is 7.63. The van der Waals surface area contributed by atoms with Gasteiger partial charge in [0.15, 0.2) is 0 Å². The highest BCUT2D eigenvalue weighted by Crippen LogP contribution is 2.24. The maximum atomic E-state index is 5.41. The number of nitrogens with zero attached hydrogens (tertiary/aromatic N) is 3. The quantitative estimate of drug-likeness (QED) is 0.854. The summed E-state index contributed by atoms with van der Waals surface area (Å²) in [5.74, 6) is 0. The Labute approximate surface area is 93.9 Å². The maximum absolute atomic E-state index is 5.41. The third-order valence-corrected chi connectivity index (χ3v) is 2.32. The predicted molar refractivity (Wildman–Crippen MR) is 62.6 cm³/mol. The fourth-order valence-electron chi connectivity index (χ4n) is 1.49. The molecule has 0 aliphatic carbocycles. The number of benzene rings is 1. The first kappa shape index (κ1) is 10.5. The standard InChI is InChI=1S/C11H14N4O/c1-3-15(11-14-13-10(12)16-11)9-6-4-8(2)5-7-9/h4-7H,3H2,1-2H3,(H2,12,13). The molecule has 0 aliphatic rings. The summed E-state index contributed by atoms with van der Waals surface area (Å²) in [6.07, 6.45) is 0. The van der Waals surface area contributed by atoms with Gasteiger partial charge in [-0.15, -0.1) is 0 Å². The largest absolute Gasteiger partial charge is 0.389 e. The van der Waals surface area contributed by atoms with Crippen molar-refractivity contribution in [1.82, 2.24) is 10.2 Å². The van der Waals surface area contributed by atoms with Crippen molar-refractivity contribution >= 4 is 17.7 Å². The molecular formula is C11H14N4O. The molecule has 0 aliphatic heterocycles. The second kappa shape index (κ2) is 4.22. The summed E-state index contributed by atoms with van der Waals surface area (Å²) in [6, 6.07) is 8.61. The summed E-state index contributed by atoms with van der Waals surface area (Å²) in [5, 5.41) is 7.52. The van der Waals surface area contributed by atoms with E-state index in [1.54, 1.807) is 0 Å². The molecule has 5 nitrogen and oxygen atoms in total. The van der Waals surface area contributed by atoms with Crippen molar-refractivity contribution < 1.29 is 4.42 Å². The maximum Gasteiger partial charge on any atom is 0.324 e. The van der Waals surface area contributed by atoms with Crippen LogP contribution >= 0.6 is 0 Å². The monoisotopic (exact) mass is 218 g/mol. The molecule has 5 heteroatoms. The van der Waals surface area contributed by atoms with Crippen LogP contribution in [0.2, 0.25) is 0 Å². The van der Waals surface area contributed by atoms with Gasteiger partial charge in [0.25, 0.3) is 0 Å². The van der Waals surface area contributed by atoms with Crippen LogP contribution in [0.3, 0.4) is 0 Å². The lowest BCUT2D eigenvalue weighted by Crippen LogP contribution is -2.16. The van der Waals surface area contributed by atoms with Gasteiger partial charge in [0.2, 0.25) is 0 Å². The van der Waals surface area contributed by atoms with Crippen LogP contribution in [0.1, 0.15) is 12.5 Å². The lowest BCUT2D eigenvalue weighted by molar-refractivity contribution is 0.570. The van der Waals surface area contributed by atoms with Crippen molar-refractivity contribution in [3.63, 3.8) is 0 Å². The van der Waals surface area contributed by atoms with E-state index in [1.807, 2.05) is 43.0 Å². The molecule has 0 spiro atoms. The van der Waals surface area contributed by atoms with Gasteiger partial charge in [-0.05, 0) is 26.0 Å². The average molecular weight is 218 g/mol. The Kier molecular flexibility index (Phi) is 2.76. The molecule has 0 radical (unpaired) electrons. The Morgan fingerprint density at radius 1 is 1.25 bits per heavy atom. The van der Waals surface area contributed by atoms with Crippen molar-refractivity contribution in [2.24, 2.45) is 0 Å². The Morgan fingerprint density at radius 3 is 2.44 bits per heavy atom. The number of rotatable bonds is 3. The normalized spacial score (nSPS) is 10.4. The third kappa shape index (κ3) is 1.98. The summed E-state index contributed by atoms with van der Waals surface area (Å²) >= 11 is 0. The van der Waals surface area contributed by atoms with Crippen LogP contribution in [0.25, 0.3) is 0 Å². The Bertz CT molecular complexity index is 463. The number of aryl methyl sites for hydroxylation is 1. The van der Waals surface area contributed by atoms with Gasteiger partial charge < -0.3 is 10.2 Å². The molecule has 2 aromatic rings. The summed E-state index contributed by atoms with van der Waals surface area (Å²) in [7, 11) is 0. The molecule has 2 N–H and O–H groups in total. The topological polar surface area (TPSA) is 68.2 Å². The highest BCUT2D eigenvalue weighted by molar-refractivity contribution is 5.56. The van der Waals surface area contributed by atoms with Crippen LogP contribution < -0.4 is 10.6 Å². The molecule has 84 valence electrons. The van der Waals surface area contributed by atoms with E-state index < -0.39 is 0 Å². The molecule has 1 aromatic carbocycles. The van der Waals surface area contributed by atoms with E-state index in [0.29, 0.717) is 6.01 Å². The van der Waals surface area contributed by atoms with E-state index in [4.69, 9.17) is 10.2 Å². The number of anilines is 3. The minimum atomic E-state index is 0.0839. The molecule has 0 saturated carbocycles. The molecule has 0 atom stereocenters. The van der Waals surface area contributed by atoms with E-state index in [2.05, 4.69) is 10.2 Å². The van der Waals surface area contributed by atoms with Crippen molar-refractivity contribution in [2.45, 2.75) is 13.8 Å². The molecule has 1 heterocycles. The van der Waals surface area contributed by atoms with Crippen LogP contribution in [0.5, 0.6) is 0 Å². The highest BCUT2D eigenvalue weighted by Gasteiger charge is 2.13. The SMILES string of the molecule is CCN(c1ccc(C)cc1)c1nnc(N)o1. The minimum Gasteiger partial charge on any atom is -0.389 e. The van der Waals surface area contributed by atoms with Gasteiger partial charge in [0, 0.05) is 12.2 Å². The van der Waals surface area contributed by atoms with Crippen LogP contribution in [0, 0.1) is 6.92 Å². The van der Waals surface area contributed by atoms with E-state index >= 15 is 0 Å². The predicted octanol–water partition coefficient (Wildman–Crippen LogP) is 2.12. The van der Waals surface area contributed by atoms with E-state index in [0.717, 1.165) is 12.2 Å². The highest BCUT2D eigenvalue weighted by atomic mass is 16.4. The third-order valence-electron chi connectivity index (χ3n) is 2.32. The second-order valence-corrected chi connectivity index (χ2v) is 3.50. The summed E-state index contributed by atoms with van der Waals surface area (Å²) in [6.45, 7) is 4.80. The molecule has 0 bridgehead atoms. The molecule has 0 unspecified atom stereocenters. The lowest BCUT2D eigenvalue weighted by Gasteiger charge is -2.17. The number of hydrogen-bond donors (Lipinski definition) is 1. The van der Waals surface area contributed by atoms with Crippen molar-refractivity contribution in [1.29, 1.82) is 0 Å². The van der Waals surface area contributed by atoms with Crippen LogP contribution in [-0.4, -0.2) is 16.7 Å². The zero-order valence-corrected chi connectivity index (χ0v) is 9.34. The second-order valence-electron chi connectivity index (χ2n) is 3.50. The van der Waals surface area contributed by atoms with E-state index in [-0.39, 0.29) is 6.01 Å². The van der Waals surface area contributed by atoms with Crippen molar-refractivity contribution in [2.75, 3.05) is 17.2 Å². The Balaban J connectivity index is 2.32. The fraction of sp³-hybridized carbons (Fsp3) is 0.273. The van der Waals surface area contributed by atoms with Gasteiger partial charge in [-0.3, -0.25) is 4.90 Å². The minimum absolute atomic E-state index is 0.0839. The molecule has 0 amide bonds. The molecule has 0 saturated heterocycles. The first-order valence-corrected chi connectivity index (χ1v) is 5.14. The number of hydrogen-bond acceptors (Lipinski definition) is 5. The fourth-order valence-corrected chi connectivity index (χ4v) is 1.49. The van der Waals surface area contributed by atoms with E-state index in [9.17, 15) is 0 Å². The van der Waals surface area contributed by atoms with Crippen LogP contribution in [-0.2, 0) is 0 Å². The molecule has 2 rings (SSSR count). The zero-order valence-electron chi connectivity index (χ0n) is 9.34. The van der Waals surface area contributed by atoms with Crippen LogP contribution in [0.4, 0.5) is 17.7 Å². The zero-order chi connectivity index (χ0) is 11.5. The van der Waals surface area contributed by atoms with Crippen molar-refractivity contribution in [3.8, 4) is 0 Å². The molecular weight excluding hydrogens is 204 g/mol. The molecule has 1 aromatic heterocycles. The van der Waals surface area contributed by atoms with Gasteiger partial charge >= 0.3 is 12.0 Å².